The molecule has 0 spiro atoms. The molecule has 1 aliphatic heterocycles. The third kappa shape index (κ3) is 6.91. The number of aromatic nitrogens is 2. The fourth-order valence-corrected chi connectivity index (χ4v) is 5.14. The van der Waals surface area contributed by atoms with Gasteiger partial charge in [0.1, 0.15) is 17.8 Å². The van der Waals surface area contributed by atoms with Crippen molar-refractivity contribution >= 4 is 34.7 Å². The van der Waals surface area contributed by atoms with Gasteiger partial charge in [-0.15, -0.1) is 0 Å². The van der Waals surface area contributed by atoms with Gasteiger partial charge >= 0.3 is 12.1 Å². The van der Waals surface area contributed by atoms with Crippen LogP contribution in [0.15, 0.2) is 48.8 Å². The van der Waals surface area contributed by atoms with Gasteiger partial charge in [-0.2, -0.15) is 0 Å². The van der Waals surface area contributed by atoms with Gasteiger partial charge in [-0.3, -0.25) is 14.5 Å². The number of hydrogen-bond acceptors (Lipinski definition) is 6. The molecule has 1 saturated heterocycles. The number of carbonyl (C=O) groups is 3. The van der Waals surface area contributed by atoms with E-state index in [2.05, 4.69) is 53.3 Å². The van der Waals surface area contributed by atoms with Crippen molar-refractivity contribution in [2.75, 3.05) is 24.5 Å². The van der Waals surface area contributed by atoms with E-state index < -0.39 is 11.6 Å². The van der Waals surface area contributed by atoms with Crippen LogP contribution in [0.1, 0.15) is 57.0 Å². The SMILES string of the molecule is CC[C@@H]1CN(c2ccc(CCNC(=O)c3cnc4c(ccn4CC(=O)O)c3)cc2)C[C@H](C)N1C(=O)OC(C)(C)C. The zero-order valence-corrected chi connectivity index (χ0v) is 23.9. The third-order valence-corrected chi connectivity index (χ3v) is 7.03. The van der Waals surface area contributed by atoms with E-state index in [0.29, 0.717) is 24.2 Å². The number of benzene rings is 1. The van der Waals surface area contributed by atoms with Crippen LogP contribution in [0.25, 0.3) is 11.0 Å². The van der Waals surface area contributed by atoms with E-state index in [4.69, 9.17) is 9.84 Å². The van der Waals surface area contributed by atoms with Crippen LogP contribution in [0.2, 0.25) is 0 Å². The number of carboxylic acid groups (broad SMARTS) is 1. The van der Waals surface area contributed by atoms with Crippen molar-refractivity contribution in [1.82, 2.24) is 19.8 Å². The molecule has 1 aromatic carbocycles. The van der Waals surface area contributed by atoms with Crippen LogP contribution in [0.5, 0.6) is 0 Å². The molecule has 0 aliphatic carbocycles. The highest BCUT2D eigenvalue weighted by Gasteiger charge is 2.37. The summed E-state index contributed by atoms with van der Waals surface area (Å²) in [6.45, 7) is 11.6. The first-order valence-corrected chi connectivity index (χ1v) is 13.7. The van der Waals surface area contributed by atoms with Crippen LogP contribution in [0.3, 0.4) is 0 Å². The molecular formula is C30H39N5O5. The number of nitrogens with zero attached hydrogens (tertiary/aromatic N) is 4. The lowest BCUT2D eigenvalue weighted by Gasteiger charge is -2.46. The maximum absolute atomic E-state index is 12.8. The van der Waals surface area contributed by atoms with Gasteiger partial charge in [-0.05, 0) is 70.4 Å². The number of anilines is 1. The number of hydrogen-bond donors (Lipinski definition) is 2. The minimum absolute atomic E-state index is 0.0212. The molecule has 0 unspecified atom stereocenters. The molecule has 0 bridgehead atoms. The summed E-state index contributed by atoms with van der Waals surface area (Å²) in [6.07, 6.45) is 4.39. The van der Waals surface area contributed by atoms with Crippen molar-refractivity contribution in [3.8, 4) is 0 Å². The van der Waals surface area contributed by atoms with Crippen LogP contribution in [0, 0.1) is 0 Å². The van der Waals surface area contributed by atoms with Crippen molar-refractivity contribution in [2.24, 2.45) is 0 Å². The van der Waals surface area contributed by atoms with Gasteiger partial charge in [-0.25, -0.2) is 9.78 Å². The standard InChI is InChI=1S/C30H39N5O5/c1-6-24-18-34(17-20(2)35(24)29(39)40-30(3,4)5)25-9-7-21(8-10-25)11-13-31-28(38)23-15-22-12-14-33(19-26(36)37)27(22)32-16-23/h7-10,12,14-16,20,24H,6,11,13,17-19H2,1-5H3,(H,31,38)(H,36,37)/t20-,24+/m0/s1. The predicted octanol–water partition coefficient (Wildman–Crippen LogP) is 4.32. The molecule has 10 heteroatoms. The average Bonchev–Trinajstić information content (AvgIpc) is 3.28. The smallest absolute Gasteiger partial charge is 0.410 e. The molecule has 0 saturated carbocycles. The summed E-state index contributed by atoms with van der Waals surface area (Å²) in [6, 6.07) is 11.9. The lowest BCUT2D eigenvalue weighted by atomic mass is 10.0. The van der Waals surface area contributed by atoms with Gasteiger partial charge in [-0.1, -0.05) is 19.1 Å². The Labute approximate surface area is 234 Å². The van der Waals surface area contributed by atoms with Gasteiger partial charge in [0.05, 0.1) is 17.6 Å². The van der Waals surface area contributed by atoms with E-state index in [1.807, 2.05) is 25.7 Å². The van der Waals surface area contributed by atoms with Crippen molar-refractivity contribution in [2.45, 2.75) is 71.7 Å². The first-order chi connectivity index (χ1) is 18.9. The van der Waals surface area contributed by atoms with Gasteiger partial charge in [0.25, 0.3) is 5.91 Å². The molecule has 214 valence electrons. The molecule has 1 fully saturated rings. The van der Waals surface area contributed by atoms with Crippen LogP contribution in [-0.2, 0) is 22.5 Å². The largest absolute Gasteiger partial charge is 0.480 e. The number of carbonyl (C=O) groups excluding carboxylic acids is 2. The summed E-state index contributed by atoms with van der Waals surface area (Å²) in [5, 5.41) is 12.7. The molecule has 40 heavy (non-hydrogen) atoms. The van der Waals surface area contributed by atoms with Crippen molar-refractivity contribution in [3.05, 3.63) is 59.9 Å². The van der Waals surface area contributed by atoms with E-state index in [1.54, 1.807) is 18.3 Å². The van der Waals surface area contributed by atoms with Crippen LogP contribution >= 0.6 is 0 Å². The molecule has 2 atom stereocenters. The molecule has 2 N–H and O–H groups in total. The molecule has 10 nitrogen and oxygen atoms in total. The Morgan fingerprint density at radius 2 is 1.85 bits per heavy atom. The Hall–Kier alpha value is -4.08. The summed E-state index contributed by atoms with van der Waals surface area (Å²) >= 11 is 0. The number of rotatable bonds is 8. The number of pyridine rings is 1. The topological polar surface area (TPSA) is 117 Å². The minimum atomic E-state index is -0.949. The lowest BCUT2D eigenvalue weighted by Crippen LogP contribution is -2.60. The minimum Gasteiger partial charge on any atom is -0.480 e. The van der Waals surface area contributed by atoms with Gasteiger partial charge < -0.3 is 24.6 Å². The molecule has 2 aromatic heterocycles. The zero-order chi connectivity index (χ0) is 29.0. The highest BCUT2D eigenvalue weighted by Crippen LogP contribution is 2.26. The summed E-state index contributed by atoms with van der Waals surface area (Å²) in [4.78, 5) is 45.0. The number of nitrogens with one attached hydrogen (secondary N) is 1. The molecule has 3 heterocycles. The molecule has 1 aliphatic rings. The van der Waals surface area contributed by atoms with Crippen molar-refractivity contribution < 1.29 is 24.2 Å². The van der Waals surface area contributed by atoms with Gasteiger partial charge in [0.2, 0.25) is 0 Å². The highest BCUT2D eigenvalue weighted by atomic mass is 16.6. The Balaban J connectivity index is 1.31. The fraction of sp³-hybridized carbons (Fsp3) is 0.467. The maximum Gasteiger partial charge on any atom is 0.410 e. The van der Waals surface area contributed by atoms with Crippen LogP contribution in [0.4, 0.5) is 10.5 Å². The van der Waals surface area contributed by atoms with E-state index in [9.17, 15) is 14.4 Å². The number of ether oxygens (including phenoxy) is 1. The number of aliphatic carboxylic acids is 1. The monoisotopic (exact) mass is 549 g/mol. The second-order valence-electron chi connectivity index (χ2n) is 11.4. The second-order valence-corrected chi connectivity index (χ2v) is 11.4. The van der Waals surface area contributed by atoms with E-state index in [1.165, 1.54) is 10.8 Å². The summed E-state index contributed by atoms with van der Waals surface area (Å²) in [5.41, 5.74) is 2.65. The molecule has 2 amide bonds. The Morgan fingerprint density at radius 3 is 2.50 bits per heavy atom. The number of carboxylic acids is 1. The Morgan fingerprint density at radius 1 is 1.12 bits per heavy atom. The lowest BCUT2D eigenvalue weighted by molar-refractivity contribution is -0.137. The summed E-state index contributed by atoms with van der Waals surface area (Å²) in [5.74, 6) is -1.17. The summed E-state index contributed by atoms with van der Waals surface area (Å²) in [7, 11) is 0. The van der Waals surface area contributed by atoms with Gasteiger partial charge in [0.15, 0.2) is 0 Å². The van der Waals surface area contributed by atoms with Gasteiger partial charge in [0, 0.05) is 43.1 Å². The first kappa shape index (κ1) is 28.9. The second kappa shape index (κ2) is 12.0. The maximum atomic E-state index is 12.8. The Bertz CT molecular complexity index is 1360. The molecular weight excluding hydrogens is 510 g/mol. The zero-order valence-electron chi connectivity index (χ0n) is 23.9. The van der Waals surface area contributed by atoms with E-state index in [0.717, 1.165) is 36.1 Å². The molecule has 0 radical (unpaired) electrons. The number of piperazine rings is 1. The highest BCUT2D eigenvalue weighted by molar-refractivity contribution is 5.97. The quantitative estimate of drug-likeness (QED) is 0.430. The van der Waals surface area contributed by atoms with Crippen molar-refractivity contribution in [3.63, 3.8) is 0 Å². The average molecular weight is 550 g/mol. The van der Waals surface area contributed by atoms with E-state index >= 15 is 0 Å². The first-order valence-electron chi connectivity index (χ1n) is 13.7. The van der Waals surface area contributed by atoms with E-state index in [-0.39, 0.29) is 30.6 Å². The van der Waals surface area contributed by atoms with Crippen molar-refractivity contribution in [1.29, 1.82) is 0 Å². The summed E-state index contributed by atoms with van der Waals surface area (Å²) < 4.78 is 7.20. The normalized spacial score (nSPS) is 17.6. The molecule has 4 rings (SSSR count). The van der Waals surface area contributed by atoms with Crippen LogP contribution < -0.4 is 10.2 Å². The predicted molar refractivity (Wildman–Crippen MR) is 154 cm³/mol. The number of amides is 2. The third-order valence-electron chi connectivity index (χ3n) is 7.03. The number of fused-ring (bicyclic) bond motifs is 1. The van der Waals surface area contributed by atoms with Crippen LogP contribution in [-0.4, -0.2) is 74.8 Å². The Kier molecular flexibility index (Phi) is 8.66. The molecule has 3 aromatic rings. The fourth-order valence-electron chi connectivity index (χ4n) is 5.14.